The highest BCUT2D eigenvalue weighted by molar-refractivity contribution is 9.10. The van der Waals surface area contributed by atoms with E-state index in [4.69, 9.17) is 0 Å². The largest absolute Gasteiger partial charge is 0.298 e. The second kappa shape index (κ2) is 6.18. The van der Waals surface area contributed by atoms with Gasteiger partial charge in [0.15, 0.2) is 0 Å². The van der Waals surface area contributed by atoms with E-state index in [0.29, 0.717) is 6.42 Å². The Bertz CT molecular complexity index is 360. The minimum atomic E-state index is -0.0676. The molecule has 0 saturated carbocycles. The Hall–Kier alpha value is -0.640. The second-order valence-electron chi connectivity index (χ2n) is 4.02. The number of ketones is 1. The summed E-state index contributed by atoms with van der Waals surface area (Å²) in [4.78, 5) is 11.6. The summed E-state index contributed by atoms with van der Waals surface area (Å²) in [7, 11) is 1.92. The molecule has 0 fully saturated rings. The Kier molecular flexibility index (Phi) is 5.19. The molecule has 0 aliphatic rings. The van der Waals surface area contributed by atoms with Crippen LogP contribution in [0.4, 0.5) is 0 Å². The summed E-state index contributed by atoms with van der Waals surface area (Å²) >= 11 is 3.47. The molecule has 0 bridgehead atoms. The van der Waals surface area contributed by atoms with Crippen LogP contribution in [0.15, 0.2) is 6.20 Å². The third-order valence-corrected chi connectivity index (χ3v) is 3.41. The van der Waals surface area contributed by atoms with Crippen molar-refractivity contribution in [2.75, 3.05) is 0 Å². The van der Waals surface area contributed by atoms with Gasteiger partial charge in [-0.05, 0) is 24.8 Å². The molecule has 0 aromatic carbocycles. The molecule has 0 N–H and O–H groups in total. The van der Waals surface area contributed by atoms with Crippen LogP contribution in [0.3, 0.4) is 0 Å². The van der Waals surface area contributed by atoms with E-state index in [1.54, 1.807) is 0 Å². The molecule has 0 spiro atoms. The summed E-state index contributed by atoms with van der Waals surface area (Å²) < 4.78 is 1.82. The number of carbonyl (C=O) groups is 1. The molecule has 0 amide bonds. The fourth-order valence-corrected chi connectivity index (χ4v) is 2.34. The molecule has 1 aromatic rings. The zero-order chi connectivity index (χ0) is 12.1. The van der Waals surface area contributed by atoms with E-state index >= 15 is 0 Å². The highest BCUT2D eigenvalue weighted by Gasteiger charge is 2.17. The number of hydrogen-bond donors (Lipinski definition) is 0. The monoisotopic (exact) mass is 286 g/mol. The first kappa shape index (κ1) is 13.4. The average molecular weight is 287 g/mol. The van der Waals surface area contributed by atoms with Gasteiger partial charge in [0, 0.05) is 19.7 Å². The molecule has 0 aliphatic carbocycles. The van der Waals surface area contributed by atoms with Crippen LogP contribution in [0.1, 0.15) is 37.9 Å². The van der Waals surface area contributed by atoms with Crippen LogP contribution in [0.5, 0.6) is 0 Å². The summed E-state index contributed by atoms with van der Waals surface area (Å²) in [6, 6.07) is 0. The van der Waals surface area contributed by atoms with Crippen molar-refractivity contribution in [3.63, 3.8) is 0 Å². The standard InChI is InChI=1S/C12H19BrN2O/c1-4-6-12(16)10(13)7-9-8-15(3)14-11(9)5-2/h8,10H,4-7H2,1-3H3. The summed E-state index contributed by atoms with van der Waals surface area (Å²) in [5.41, 5.74) is 2.27. The molecule has 0 radical (unpaired) electrons. The molecule has 90 valence electrons. The number of rotatable bonds is 6. The average Bonchev–Trinajstić information content (AvgIpc) is 2.59. The summed E-state index contributed by atoms with van der Waals surface area (Å²) in [6.45, 7) is 4.11. The zero-order valence-corrected chi connectivity index (χ0v) is 11.7. The maximum atomic E-state index is 11.7. The van der Waals surface area contributed by atoms with Crippen LogP contribution in [0, 0.1) is 0 Å². The summed E-state index contributed by atoms with van der Waals surface area (Å²) in [5.74, 6) is 0.286. The predicted octanol–water partition coefficient (Wildman–Crippen LogP) is 2.66. The molecule has 1 rings (SSSR count). The van der Waals surface area contributed by atoms with Crippen LogP contribution < -0.4 is 0 Å². The molecule has 1 aromatic heterocycles. The van der Waals surface area contributed by atoms with Crippen molar-refractivity contribution in [2.45, 2.75) is 44.4 Å². The van der Waals surface area contributed by atoms with E-state index in [-0.39, 0.29) is 10.6 Å². The van der Waals surface area contributed by atoms with Crippen LogP contribution in [0.2, 0.25) is 0 Å². The van der Waals surface area contributed by atoms with Crippen molar-refractivity contribution in [3.05, 3.63) is 17.5 Å². The third-order valence-electron chi connectivity index (χ3n) is 2.57. The van der Waals surface area contributed by atoms with Gasteiger partial charge >= 0.3 is 0 Å². The summed E-state index contributed by atoms with van der Waals surface area (Å²) in [5, 5.41) is 4.37. The lowest BCUT2D eigenvalue weighted by Crippen LogP contribution is -2.16. The van der Waals surface area contributed by atoms with E-state index in [0.717, 1.165) is 25.0 Å². The van der Waals surface area contributed by atoms with Crippen LogP contribution >= 0.6 is 15.9 Å². The predicted molar refractivity (Wildman–Crippen MR) is 68.9 cm³/mol. The Labute approximate surface area is 105 Å². The van der Waals surface area contributed by atoms with E-state index in [2.05, 4.69) is 28.0 Å². The second-order valence-corrected chi connectivity index (χ2v) is 5.12. The van der Waals surface area contributed by atoms with E-state index in [9.17, 15) is 4.79 Å². The van der Waals surface area contributed by atoms with Gasteiger partial charge in [0.05, 0.1) is 10.5 Å². The van der Waals surface area contributed by atoms with Gasteiger partial charge in [0.25, 0.3) is 0 Å². The minimum Gasteiger partial charge on any atom is -0.298 e. The van der Waals surface area contributed by atoms with Crippen molar-refractivity contribution in [1.29, 1.82) is 0 Å². The van der Waals surface area contributed by atoms with Crippen molar-refractivity contribution in [1.82, 2.24) is 9.78 Å². The fourth-order valence-electron chi connectivity index (χ4n) is 1.76. The van der Waals surface area contributed by atoms with Crippen molar-refractivity contribution >= 4 is 21.7 Å². The number of aryl methyl sites for hydroxylation is 2. The molecular weight excluding hydrogens is 268 g/mol. The maximum Gasteiger partial charge on any atom is 0.146 e. The normalized spacial score (nSPS) is 12.8. The smallest absolute Gasteiger partial charge is 0.146 e. The van der Waals surface area contributed by atoms with Crippen molar-refractivity contribution in [2.24, 2.45) is 7.05 Å². The first-order valence-electron chi connectivity index (χ1n) is 5.76. The third kappa shape index (κ3) is 3.44. The van der Waals surface area contributed by atoms with Gasteiger partial charge in [-0.15, -0.1) is 0 Å². The maximum absolute atomic E-state index is 11.7. The van der Waals surface area contributed by atoms with Crippen LogP contribution in [-0.4, -0.2) is 20.4 Å². The Morgan fingerprint density at radius 2 is 2.25 bits per heavy atom. The van der Waals surface area contributed by atoms with Gasteiger partial charge in [-0.2, -0.15) is 5.10 Å². The topological polar surface area (TPSA) is 34.9 Å². The van der Waals surface area contributed by atoms with Crippen LogP contribution in [0.25, 0.3) is 0 Å². The van der Waals surface area contributed by atoms with E-state index < -0.39 is 0 Å². The number of Topliss-reactive ketones (excluding diaryl/α,β-unsaturated/α-hetero) is 1. The lowest BCUT2D eigenvalue weighted by Gasteiger charge is -2.07. The molecule has 0 saturated heterocycles. The molecular formula is C12H19BrN2O. The van der Waals surface area contributed by atoms with Gasteiger partial charge in [0.1, 0.15) is 5.78 Å². The molecule has 4 heteroatoms. The number of halogens is 1. The molecule has 0 aliphatic heterocycles. The number of hydrogen-bond acceptors (Lipinski definition) is 2. The number of nitrogens with zero attached hydrogens (tertiary/aromatic N) is 2. The number of aromatic nitrogens is 2. The lowest BCUT2D eigenvalue weighted by molar-refractivity contribution is -0.118. The first-order valence-corrected chi connectivity index (χ1v) is 6.68. The quantitative estimate of drug-likeness (QED) is 0.754. The Balaban J connectivity index is 2.68. The molecule has 1 unspecified atom stereocenters. The highest BCUT2D eigenvalue weighted by Crippen LogP contribution is 2.16. The fraction of sp³-hybridized carbons (Fsp3) is 0.667. The van der Waals surface area contributed by atoms with Gasteiger partial charge in [-0.1, -0.05) is 29.8 Å². The summed E-state index contributed by atoms with van der Waals surface area (Å²) in [6.07, 6.45) is 5.23. The van der Waals surface area contributed by atoms with E-state index in [1.165, 1.54) is 5.56 Å². The number of alkyl halides is 1. The van der Waals surface area contributed by atoms with Crippen molar-refractivity contribution in [3.8, 4) is 0 Å². The Morgan fingerprint density at radius 1 is 1.56 bits per heavy atom. The minimum absolute atomic E-state index is 0.0676. The van der Waals surface area contributed by atoms with Gasteiger partial charge in [0.2, 0.25) is 0 Å². The highest BCUT2D eigenvalue weighted by atomic mass is 79.9. The molecule has 1 heterocycles. The number of carbonyl (C=O) groups excluding carboxylic acids is 1. The van der Waals surface area contributed by atoms with Gasteiger partial charge in [-0.3, -0.25) is 9.48 Å². The molecule has 16 heavy (non-hydrogen) atoms. The van der Waals surface area contributed by atoms with Crippen molar-refractivity contribution < 1.29 is 4.79 Å². The van der Waals surface area contributed by atoms with Crippen LogP contribution in [-0.2, 0) is 24.7 Å². The van der Waals surface area contributed by atoms with E-state index in [1.807, 2.05) is 24.9 Å². The SMILES string of the molecule is CCCC(=O)C(Br)Cc1cn(C)nc1CC. The van der Waals surface area contributed by atoms with Gasteiger partial charge in [-0.25, -0.2) is 0 Å². The molecule has 3 nitrogen and oxygen atoms in total. The lowest BCUT2D eigenvalue weighted by atomic mass is 10.0. The van der Waals surface area contributed by atoms with Gasteiger partial charge < -0.3 is 0 Å². The first-order chi connectivity index (χ1) is 7.58. The Morgan fingerprint density at radius 3 is 2.81 bits per heavy atom. The molecule has 1 atom stereocenters. The zero-order valence-electron chi connectivity index (χ0n) is 10.2.